The lowest BCUT2D eigenvalue weighted by Gasteiger charge is -2.28. The first-order chi connectivity index (χ1) is 16.8. The molecule has 3 atom stereocenters. The number of aromatic nitrogens is 3. The van der Waals surface area contributed by atoms with E-state index in [0.29, 0.717) is 11.0 Å². The van der Waals surface area contributed by atoms with E-state index >= 15 is 0 Å². The second kappa shape index (κ2) is 12.1. The molecule has 0 aromatic carbocycles. The Balaban J connectivity index is 1.66. The Hall–Kier alpha value is -3.03. The Kier molecular flexibility index (Phi) is 9.18. The fraction of sp³-hybridized carbons (Fsp3) is 0.583. The molecule has 1 fully saturated rings. The smallest absolute Gasteiger partial charge is 0.458 e. The standard InChI is InChI=1S/C24H31ClN4O6/c1-4-6-7-8-9-10-13-32-23(31)33-15-24(5-2)18(34-16(3)30)14-19(35-24)29-12-11-17-20(26)27-22(25)28-21(17)29/h2,11-12,18-19H,4,6-10,13-15H2,1,3H3,(H2,26,27,28)/t18-,19+,24+/m0/s1. The zero-order valence-electron chi connectivity index (χ0n) is 20.0. The molecule has 35 heavy (non-hydrogen) atoms. The molecule has 0 aliphatic carbocycles. The third-order valence-corrected chi connectivity index (χ3v) is 6.01. The SMILES string of the molecule is C#C[C@]1(COC(=O)OCCCCCCCC)O[C@@H](n2ccc3c(N)nc(Cl)nc32)C[C@@H]1OC(C)=O. The molecule has 1 aliphatic rings. The molecule has 0 bridgehead atoms. The van der Waals surface area contributed by atoms with Gasteiger partial charge < -0.3 is 29.2 Å². The molecule has 3 heterocycles. The summed E-state index contributed by atoms with van der Waals surface area (Å²) in [5.74, 6) is 2.19. The number of nitrogen functional groups attached to an aromatic ring is 1. The van der Waals surface area contributed by atoms with Crippen molar-refractivity contribution in [1.82, 2.24) is 14.5 Å². The monoisotopic (exact) mass is 506 g/mol. The molecule has 11 heteroatoms. The molecule has 10 nitrogen and oxygen atoms in total. The van der Waals surface area contributed by atoms with Crippen molar-refractivity contribution in [3.05, 3.63) is 17.5 Å². The van der Waals surface area contributed by atoms with Crippen LogP contribution in [0.3, 0.4) is 0 Å². The third-order valence-electron chi connectivity index (χ3n) is 5.84. The first kappa shape index (κ1) is 26.6. The van der Waals surface area contributed by atoms with Gasteiger partial charge in [0.25, 0.3) is 0 Å². The van der Waals surface area contributed by atoms with Crippen molar-refractivity contribution in [3.63, 3.8) is 0 Å². The second-order valence-electron chi connectivity index (χ2n) is 8.43. The van der Waals surface area contributed by atoms with Gasteiger partial charge in [0.1, 0.15) is 30.4 Å². The summed E-state index contributed by atoms with van der Waals surface area (Å²) in [6.45, 7) is 3.32. The summed E-state index contributed by atoms with van der Waals surface area (Å²) in [5, 5.41) is 0.555. The van der Waals surface area contributed by atoms with Crippen LogP contribution in [0.5, 0.6) is 0 Å². The Bertz CT molecular complexity index is 1080. The molecule has 0 saturated carbocycles. The Morgan fingerprint density at radius 1 is 1.29 bits per heavy atom. The quantitative estimate of drug-likeness (QED) is 0.204. The maximum Gasteiger partial charge on any atom is 0.508 e. The van der Waals surface area contributed by atoms with E-state index in [1.54, 1.807) is 16.8 Å². The van der Waals surface area contributed by atoms with Gasteiger partial charge in [-0.05, 0) is 24.1 Å². The van der Waals surface area contributed by atoms with Crippen molar-refractivity contribution in [2.45, 2.75) is 76.7 Å². The van der Waals surface area contributed by atoms with Gasteiger partial charge in [-0.2, -0.15) is 4.98 Å². The predicted octanol–water partition coefficient (Wildman–Crippen LogP) is 4.40. The molecule has 1 saturated heterocycles. The van der Waals surface area contributed by atoms with Gasteiger partial charge in [0, 0.05) is 19.5 Å². The number of fused-ring (bicyclic) bond motifs is 1. The number of esters is 1. The van der Waals surface area contributed by atoms with Gasteiger partial charge in [-0.25, -0.2) is 9.78 Å². The van der Waals surface area contributed by atoms with Crippen LogP contribution in [0.1, 0.15) is 65.0 Å². The van der Waals surface area contributed by atoms with Gasteiger partial charge in [-0.1, -0.05) is 44.9 Å². The van der Waals surface area contributed by atoms with Gasteiger partial charge in [-0.15, -0.1) is 6.42 Å². The Labute approximate surface area is 209 Å². The average molecular weight is 507 g/mol. The minimum absolute atomic E-state index is 0.0239. The summed E-state index contributed by atoms with van der Waals surface area (Å²) >= 11 is 5.98. The molecule has 0 radical (unpaired) electrons. The normalized spacial score (nSPS) is 21.5. The number of anilines is 1. The summed E-state index contributed by atoms with van der Waals surface area (Å²) in [4.78, 5) is 32.1. The number of hydrogen-bond donors (Lipinski definition) is 1. The fourth-order valence-electron chi connectivity index (χ4n) is 4.06. The summed E-state index contributed by atoms with van der Waals surface area (Å²) in [5.41, 5.74) is 4.85. The molecule has 2 N–H and O–H groups in total. The number of carbonyl (C=O) groups excluding carboxylic acids is 2. The van der Waals surface area contributed by atoms with E-state index in [-0.39, 0.29) is 30.7 Å². The predicted molar refractivity (Wildman–Crippen MR) is 129 cm³/mol. The lowest BCUT2D eigenvalue weighted by molar-refractivity contribution is -0.156. The molecule has 3 rings (SSSR count). The number of nitrogens with two attached hydrogens (primary N) is 1. The number of unbranched alkanes of at least 4 members (excludes halogenated alkanes) is 5. The van der Waals surface area contributed by atoms with Crippen molar-refractivity contribution in [2.75, 3.05) is 18.9 Å². The van der Waals surface area contributed by atoms with Crippen LogP contribution in [0, 0.1) is 12.3 Å². The molecule has 0 unspecified atom stereocenters. The van der Waals surface area contributed by atoms with Crippen molar-refractivity contribution >= 4 is 40.6 Å². The topological polar surface area (TPSA) is 128 Å². The molecule has 190 valence electrons. The van der Waals surface area contributed by atoms with Crippen LogP contribution >= 0.6 is 11.6 Å². The van der Waals surface area contributed by atoms with E-state index in [9.17, 15) is 9.59 Å². The van der Waals surface area contributed by atoms with Crippen molar-refractivity contribution in [2.24, 2.45) is 0 Å². The summed E-state index contributed by atoms with van der Waals surface area (Å²) in [7, 11) is 0. The zero-order valence-corrected chi connectivity index (χ0v) is 20.8. The third kappa shape index (κ3) is 6.55. The lowest BCUT2D eigenvalue weighted by atomic mass is 9.98. The van der Waals surface area contributed by atoms with E-state index in [1.165, 1.54) is 26.2 Å². The van der Waals surface area contributed by atoms with Crippen LogP contribution in [-0.4, -0.2) is 51.6 Å². The van der Waals surface area contributed by atoms with Gasteiger partial charge in [-0.3, -0.25) is 4.79 Å². The minimum Gasteiger partial charge on any atom is -0.458 e. The first-order valence-electron chi connectivity index (χ1n) is 11.7. The van der Waals surface area contributed by atoms with E-state index in [4.69, 9.17) is 42.7 Å². The average Bonchev–Trinajstić information content (AvgIpc) is 3.38. The number of rotatable bonds is 11. The van der Waals surface area contributed by atoms with Gasteiger partial charge in [0.2, 0.25) is 10.9 Å². The van der Waals surface area contributed by atoms with Gasteiger partial charge in [0.05, 0.1) is 12.0 Å². The highest BCUT2D eigenvalue weighted by atomic mass is 35.5. The van der Waals surface area contributed by atoms with Crippen LogP contribution < -0.4 is 5.73 Å². The molecule has 2 aromatic rings. The van der Waals surface area contributed by atoms with Gasteiger partial charge in [0.15, 0.2) is 0 Å². The highest BCUT2D eigenvalue weighted by molar-refractivity contribution is 6.28. The molecule has 2 aromatic heterocycles. The summed E-state index contributed by atoms with van der Waals surface area (Å²) in [6.07, 6.45) is 11.6. The maximum absolute atomic E-state index is 12.2. The number of ether oxygens (including phenoxy) is 4. The van der Waals surface area contributed by atoms with Gasteiger partial charge >= 0.3 is 12.1 Å². The van der Waals surface area contributed by atoms with Crippen molar-refractivity contribution < 1.29 is 28.5 Å². The number of carbonyl (C=O) groups is 2. The molecule has 1 aliphatic heterocycles. The van der Waals surface area contributed by atoms with Crippen LogP contribution in [0.15, 0.2) is 12.3 Å². The maximum atomic E-state index is 12.2. The summed E-state index contributed by atoms with van der Waals surface area (Å²) in [6, 6.07) is 1.72. The highest BCUT2D eigenvalue weighted by Crippen LogP contribution is 2.40. The van der Waals surface area contributed by atoms with E-state index in [1.807, 2.05) is 0 Å². The number of hydrogen-bond acceptors (Lipinski definition) is 9. The zero-order chi connectivity index (χ0) is 25.4. The Morgan fingerprint density at radius 2 is 2.03 bits per heavy atom. The van der Waals surface area contributed by atoms with Crippen molar-refractivity contribution in [1.29, 1.82) is 0 Å². The second-order valence-corrected chi connectivity index (χ2v) is 8.77. The molecule has 0 spiro atoms. The van der Waals surface area contributed by atoms with Crippen LogP contribution in [0.4, 0.5) is 10.6 Å². The van der Waals surface area contributed by atoms with Crippen LogP contribution in [0.25, 0.3) is 11.0 Å². The Morgan fingerprint density at radius 3 is 2.74 bits per heavy atom. The highest BCUT2D eigenvalue weighted by Gasteiger charge is 2.52. The fourth-order valence-corrected chi connectivity index (χ4v) is 4.23. The summed E-state index contributed by atoms with van der Waals surface area (Å²) < 4.78 is 23.7. The lowest BCUT2D eigenvalue weighted by Crippen LogP contribution is -2.45. The molecular formula is C24H31ClN4O6. The van der Waals surface area contributed by atoms with E-state index < -0.39 is 30.1 Å². The number of terminal acetylenes is 1. The number of nitrogens with zero attached hydrogens (tertiary/aromatic N) is 3. The number of halogens is 1. The van der Waals surface area contributed by atoms with E-state index in [2.05, 4.69) is 22.8 Å². The molecule has 0 amide bonds. The minimum atomic E-state index is -1.52. The first-order valence-corrected chi connectivity index (χ1v) is 12.1. The molecular weight excluding hydrogens is 476 g/mol. The van der Waals surface area contributed by atoms with Crippen molar-refractivity contribution in [3.8, 4) is 12.3 Å². The van der Waals surface area contributed by atoms with E-state index in [0.717, 1.165) is 19.3 Å². The van der Waals surface area contributed by atoms with Crippen LogP contribution in [-0.2, 0) is 23.7 Å². The van der Waals surface area contributed by atoms with Crippen LogP contribution in [0.2, 0.25) is 5.28 Å². The largest absolute Gasteiger partial charge is 0.508 e.